The van der Waals surface area contributed by atoms with Gasteiger partial charge < -0.3 is 14.8 Å². The van der Waals surface area contributed by atoms with Crippen LogP contribution in [0, 0.1) is 13.8 Å². The summed E-state index contributed by atoms with van der Waals surface area (Å²) in [5.41, 5.74) is 2.74. The molecule has 1 amide bonds. The summed E-state index contributed by atoms with van der Waals surface area (Å²) in [5.74, 6) is 0.814. The van der Waals surface area contributed by atoms with Crippen molar-refractivity contribution in [2.24, 2.45) is 0 Å². The largest absolute Gasteiger partial charge is 0.339 e. The van der Waals surface area contributed by atoms with Crippen LogP contribution in [0.1, 0.15) is 23.4 Å². The van der Waals surface area contributed by atoms with E-state index in [1.165, 1.54) is 0 Å². The molecule has 8 nitrogen and oxygen atoms in total. The monoisotopic (exact) mass is 389 g/mol. The molecule has 8 heteroatoms. The molecule has 0 unspecified atom stereocenters. The SMILES string of the molecule is Cc1ccc2[nH]c(=O)c(-c3noc(CCC(=O)Nc4ncccc4C)n3)cc2c1. The van der Waals surface area contributed by atoms with Crippen molar-refractivity contribution in [2.45, 2.75) is 26.7 Å². The molecule has 3 heterocycles. The van der Waals surface area contributed by atoms with Gasteiger partial charge in [0.15, 0.2) is 0 Å². The topological polar surface area (TPSA) is 114 Å². The molecule has 0 aliphatic heterocycles. The number of H-pyrrole nitrogens is 1. The Kier molecular flexibility index (Phi) is 4.90. The minimum Gasteiger partial charge on any atom is -0.339 e. The maximum atomic E-state index is 12.4. The lowest BCUT2D eigenvalue weighted by molar-refractivity contribution is -0.116. The molecule has 0 radical (unpaired) electrons. The highest BCUT2D eigenvalue weighted by Gasteiger charge is 2.15. The van der Waals surface area contributed by atoms with E-state index in [1.807, 2.05) is 38.1 Å². The van der Waals surface area contributed by atoms with Crippen molar-refractivity contribution >= 4 is 22.6 Å². The lowest BCUT2D eigenvalue weighted by Gasteiger charge is -2.05. The summed E-state index contributed by atoms with van der Waals surface area (Å²) < 4.78 is 5.22. The molecule has 0 atom stereocenters. The summed E-state index contributed by atoms with van der Waals surface area (Å²) in [6, 6.07) is 11.2. The van der Waals surface area contributed by atoms with Crippen LogP contribution in [0.5, 0.6) is 0 Å². The van der Waals surface area contributed by atoms with Gasteiger partial charge in [0.25, 0.3) is 5.56 Å². The maximum absolute atomic E-state index is 12.4. The summed E-state index contributed by atoms with van der Waals surface area (Å²) in [6.45, 7) is 3.85. The number of pyridine rings is 2. The number of aromatic amines is 1. The van der Waals surface area contributed by atoms with Crippen LogP contribution in [0.15, 0.2) is 51.9 Å². The number of aromatic nitrogens is 4. The molecular weight excluding hydrogens is 370 g/mol. The molecule has 0 saturated heterocycles. The molecule has 29 heavy (non-hydrogen) atoms. The third kappa shape index (κ3) is 4.06. The van der Waals surface area contributed by atoms with Gasteiger partial charge >= 0.3 is 0 Å². The zero-order valence-corrected chi connectivity index (χ0v) is 16.0. The van der Waals surface area contributed by atoms with Gasteiger partial charge in [-0.3, -0.25) is 9.59 Å². The first kappa shape index (κ1) is 18.5. The Morgan fingerprint density at radius 2 is 2.07 bits per heavy atom. The highest BCUT2D eigenvalue weighted by molar-refractivity contribution is 5.90. The number of rotatable bonds is 5. The number of nitrogens with zero attached hydrogens (tertiary/aromatic N) is 3. The Bertz CT molecular complexity index is 1260. The van der Waals surface area contributed by atoms with E-state index in [0.29, 0.717) is 11.4 Å². The molecule has 0 bridgehead atoms. The lowest BCUT2D eigenvalue weighted by Crippen LogP contribution is -2.14. The molecule has 0 aliphatic carbocycles. The zero-order valence-electron chi connectivity index (χ0n) is 16.0. The van der Waals surface area contributed by atoms with Crippen LogP contribution < -0.4 is 10.9 Å². The summed E-state index contributed by atoms with van der Waals surface area (Å²) in [7, 11) is 0. The molecule has 3 aromatic heterocycles. The van der Waals surface area contributed by atoms with Crippen molar-refractivity contribution in [3.63, 3.8) is 0 Å². The first-order chi connectivity index (χ1) is 14.0. The highest BCUT2D eigenvalue weighted by atomic mass is 16.5. The van der Waals surface area contributed by atoms with Gasteiger partial charge in [-0.1, -0.05) is 22.9 Å². The fraction of sp³-hybridized carbons (Fsp3) is 0.190. The van der Waals surface area contributed by atoms with E-state index in [-0.39, 0.29) is 36.0 Å². The van der Waals surface area contributed by atoms with Gasteiger partial charge in [-0.15, -0.1) is 0 Å². The third-order valence-electron chi connectivity index (χ3n) is 4.54. The summed E-state index contributed by atoms with van der Waals surface area (Å²) in [6.07, 6.45) is 2.04. The number of hydrogen-bond donors (Lipinski definition) is 2. The predicted molar refractivity (Wildman–Crippen MR) is 109 cm³/mol. The van der Waals surface area contributed by atoms with E-state index in [1.54, 1.807) is 18.3 Å². The number of benzene rings is 1. The first-order valence-electron chi connectivity index (χ1n) is 9.18. The Hall–Kier alpha value is -3.81. The fourth-order valence-electron chi connectivity index (χ4n) is 2.99. The standard InChI is InChI=1S/C21H19N5O3/c1-12-5-6-16-14(10-12)11-15(21(28)23-16)20-25-18(29-26-20)8-7-17(27)24-19-13(2)4-3-9-22-19/h3-6,9-11H,7-8H2,1-2H3,(H,23,28)(H,22,24,27). The Balaban J connectivity index is 1.48. The molecule has 146 valence electrons. The van der Waals surface area contributed by atoms with Crippen LogP contribution in [0.2, 0.25) is 0 Å². The fourth-order valence-corrected chi connectivity index (χ4v) is 2.99. The number of carbonyl (C=O) groups excluding carboxylic acids is 1. The van der Waals surface area contributed by atoms with Crippen LogP contribution in [-0.4, -0.2) is 26.0 Å². The van der Waals surface area contributed by atoms with Crippen molar-refractivity contribution in [3.8, 4) is 11.4 Å². The van der Waals surface area contributed by atoms with Gasteiger partial charge in [-0.25, -0.2) is 4.98 Å². The average molecular weight is 389 g/mol. The summed E-state index contributed by atoms with van der Waals surface area (Å²) in [5, 5.41) is 7.55. The number of fused-ring (bicyclic) bond motifs is 1. The average Bonchev–Trinajstić information content (AvgIpc) is 3.17. The Morgan fingerprint density at radius 1 is 1.21 bits per heavy atom. The molecule has 0 saturated carbocycles. The maximum Gasteiger partial charge on any atom is 0.259 e. The molecule has 0 fully saturated rings. The smallest absolute Gasteiger partial charge is 0.259 e. The molecule has 0 aliphatic rings. The second kappa shape index (κ2) is 7.67. The van der Waals surface area contributed by atoms with Gasteiger partial charge in [0.2, 0.25) is 17.6 Å². The van der Waals surface area contributed by atoms with Crippen molar-refractivity contribution < 1.29 is 9.32 Å². The number of carbonyl (C=O) groups is 1. The van der Waals surface area contributed by atoms with Crippen molar-refractivity contribution in [1.82, 2.24) is 20.1 Å². The number of amides is 1. The van der Waals surface area contributed by atoms with Crippen LogP contribution in [-0.2, 0) is 11.2 Å². The van der Waals surface area contributed by atoms with E-state index in [9.17, 15) is 9.59 Å². The number of aryl methyl sites for hydroxylation is 3. The molecular formula is C21H19N5O3. The summed E-state index contributed by atoms with van der Waals surface area (Å²) >= 11 is 0. The van der Waals surface area contributed by atoms with Gasteiger partial charge in [0, 0.05) is 24.6 Å². The van der Waals surface area contributed by atoms with Gasteiger partial charge in [-0.2, -0.15) is 4.98 Å². The van der Waals surface area contributed by atoms with E-state index < -0.39 is 0 Å². The molecule has 2 N–H and O–H groups in total. The van der Waals surface area contributed by atoms with E-state index in [0.717, 1.165) is 22.0 Å². The normalized spacial score (nSPS) is 11.0. The van der Waals surface area contributed by atoms with Crippen molar-refractivity contribution in [3.05, 3.63) is 70.0 Å². The second-order valence-corrected chi connectivity index (χ2v) is 6.83. The first-order valence-corrected chi connectivity index (χ1v) is 9.18. The minimum absolute atomic E-state index is 0.158. The van der Waals surface area contributed by atoms with Crippen molar-refractivity contribution in [2.75, 3.05) is 5.32 Å². The molecule has 0 spiro atoms. The minimum atomic E-state index is -0.294. The van der Waals surface area contributed by atoms with Gasteiger partial charge in [0.05, 0.1) is 5.56 Å². The Morgan fingerprint density at radius 3 is 2.90 bits per heavy atom. The van der Waals surface area contributed by atoms with E-state index >= 15 is 0 Å². The quantitative estimate of drug-likeness (QED) is 0.542. The zero-order chi connectivity index (χ0) is 20.4. The number of anilines is 1. The van der Waals surface area contributed by atoms with Gasteiger partial charge in [-0.05, 0) is 49.1 Å². The van der Waals surface area contributed by atoms with Gasteiger partial charge in [0.1, 0.15) is 5.82 Å². The summed E-state index contributed by atoms with van der Waals surface area (Å²) in [4.78, 5) is 35.8. The predicted octanol–water partition coefficient (Wildman–Crippen LogP) is 3.16. The van der Waals surface area contributed by atoms with Crippen molar-refractivity contribution in [1.29, 1.82) is 0 Å². The second-order valence-electron chi connectivity index (χ2n) is 6.83. The molecule has 4 aromatic rings. The number of nitrogens with one attached hydrogen (secondary N) is 2. The highest BCUT2D eigenvalue weighted by Crippen LogP contribution is 2.19. The molecule has 4 rings (SSSR count). The Labute approximate surface area is 166 Å². The van der Waals surface area contributed by atoms with Crippen LogP contribution >= 0.6 is 0 Å². The van der Waals surface area contributed by atoms with E-state index in [4.69, 9.17) is 4.52 Å². The van der Waals surface area contributed by atoms with Crippen LogP contribution in [0.4, 0.5) is 5.82 Å². The van der Waals surface area contributed by atoms with Crippen LogP contribution in [0.3, 0.4) is 0 Å². The molecule has 1 aromatic carbocycles. The third-order valence-corrected chi connectivity index (χ3v) is 4.54. The number of hydrogen-bond acceptors (Lipinski definition) is 6. The van der Waals surface area contributed by atoms with E-state index in [2.05, 4.69) is 25.4 Å². The van der Waals surface area contributed by atoms with Crippen LogP contribution in [0.25, 0.3) is 22.3 Å². The lowest BCUT2D eigenvalue weighted by atomic mass is 10.1.